The van der Waals surface area contributed by atoms with Gasteiger partial charge >= 0.3 is 17.9 Å². The Morgan fingerprint density at radius 1 is 1.05 bits per heavy atom. The third-order valence-electron chi connectivity index (χ3n) is 12.8. The van der Waals surface area contributed by atoms with Crippen molar-refractivity contribution in [2.75, 3.05) is 6.61 Å². The number of ketones is 1. The molecule has 41 heavy (non-hydrogen) atoms. The van der Waals surface area contributed by atoms with Crippen LogP contribution >= 0.6 is 0 Å². The van der Waals surface area contributed by atoms with Crippen LogP contribution in [0.3, 0.4) is 0 Å². The van der Waals surface area contributed by atoms with Crippen LogP contribution in [0.1, 0.15) is 93.4 Å². The van der Waals surface area contributed by atoms with E-state index in [-0.39, 0.29) is 65.8 Å². The van der Waals surface area contributed by atoms with Crippen LogP contribution in [0, 0.1) is 46.3 Å². The molecule has 6 aliphatic rings. The summed E-state index contributed by atoms with van der Waals surface area (Å²) in [5.41, 5.74) is 0.169. The maximum atomic E-state index is 13.9. The molecule has 2 heterocycles. The van der Waals surface area contributed by atoms with Gasteiger partial charge in [-0.25, -0.2) is 4.79 Å². The Hall–Kier alpha value is -2.22. The third kappa shape index (κ3) is 4.01. The predicted octanol–water partition coefficient (Wildman–Crippen LogP) is 4.96. The molecule has 0 N–H and O–H groups in total. The van der Waals surface area contributed by atoms with Crippen molar-refractivity contribution in [1.29, 1.82) is 0 Å². The number of rotatable bonds is 5. The fraction of sp³-hybridized carbons (Fsp3) is 0.818. The van der Waals surface area contributed by atoms with Crippen LogP contribution in [0.5, 0.6) is 0 Å². The summed E-state index contributed by atoms with van der Waals surface area (Å²) in [5, 5.41) is 0. The Morgan fingerprint density at radius 3 is 2.44 bits per heavy atom. The van der Waals surface area contributed by atoms with Crippen molar-refractivity contribution in [3.63, 3.8) is 0 Å². The fourth-order valence-electron chi connectivity index (χ4n) is 10.8. The van der Waals surface area contributed by atoms with E-state index in [1.54, 1.807) is 0 Å². The SMILES string of the molecule is CC(=O)OCC1=C(C)CC(C(C)C2CCC3C4CC5OC56C(OC(C)=O)C(C)CC(=O)C6(C)C4CCC23C)OC1=O. The molecule has 12 unspecified atom stereocenters. The van der Waals surface area contributed by atoms with Crippen molar-refractivity contribution < 1.29 is 38.1 Å². The number of cyclic esters (lactones) is 1. The average Bonchev–Trinajstić information content (AvgIpc) is 3.51. The number of hydrogen-bond donors (Lipinski definition) is 0. The molecule has 4 aliphatic carbocycles. The number of fused-ring (bicyclic) bond motifs is 4. The van der Waals surface area contributed by atoms with Crippen LogP contribution < -0.4 is 0 Å². The van der Waals surface area contributed by atoms with Gasteiger partial charge in [-0.05, 0) is 81.0 Å². The van der Waals surface area contributed by atoms with Gasteiger partial charge in [0.25, 0.3) is 0 Å². The van der Waals surface area contributed by atoms with Crippen LogP contribution in [0.15, 0.2) is 11.1 Å². The summed E-state index contributed by atoms with van der Waals surface area (Å²) in [6.45, 7) is 13.5. The van der Waals surface area contributed by atoms with Gasteiger partial charge in [0.1, 0.15) is 30.2 Å². The van der Waals surface area contributed by atoms with Crippen LogP contribution in [0.4, 0.5) is 0 Å². The topological polar surface area (TPSA) is 108 Å². The highest BCUT2D eigenvalue weighted by atomic mass is 16.7. The zero-order valence-electron chi connectivity index (χ0n) is 25.6. The molecule has 1 saturated heterocycles. The molecule has 0 aromatic heterocycles. The second-order valence-corrected chi connectivity index (χ2v) is 14.6. The van der Waals surface area contributed by atoms with E-state index in [1.807, 2.05) is 13.8 Å². The van der Waals surface area contributed by atoms with Gasteiger partial charge in [-0.2, -0.15) is 0 Å². The van der Waals surface area contributed by atoms with Gasteiger partial charge in [0, 0.05) is 32.6 Å². The Kier molecular flexibility index (Phi) is 6.80. The molecular formula is C33H46O8. The minimum atomic E-state index is -0.683. The first-order valence-electron chi connectivity index (χ1n) is 15.7. The van der Waals surface area contributed by atoms with Crippen molar-refractivity contribution >= 4 is 23.7 Å². The molecule has 8 nitrogen and oxygen atoms in total. The lowest BCUT2D eigenvalue weighted by atomic mass is 9.43. The van der Waals surface area contributed by atoms with Gasteiger partial charge in [0.2, 0.25) is 0 Å². The smallest absolute Gasteiger partial charge is 0.337 e. The van der Waals surface area contributed by atoms with Gasteiger partial charge in [-0.1, -0.05) is 26.3 Å². The summed E-state index contributed by atoms with van der Waals surface area (Å²) in [7, 11) is 0. The molecule has 5 fully saturated rings. The summed E-state index contributed by atoms with van der Waals surface area (Å²) in [4.78, 5) is 50.2. The maximum absolute atomic E-state index is 13.9. The molecule has 0 bridgehead atoms. The van der Waals surface area contributed by atoms with Crippen LogP contribution in [-0.2, 0) is 38.1 Å². The lowest BCUT2D eigenvalue weighted by molar-refractivity contribution is -0.186. The van der Waals surface area contributed by atoms with Gasteiger partial charge in [0.15, 0.2) is 0 Å². The summed E-state index contributed by atoms with van der Waals surface area (Å²) in [5.74, 6) is 0.820. The molecule has 0 aromatic carbocycles. The predicted molar refractivity (Wildman–Crippen MR) is 148 cm³/mol. The van der Waals surface area contributed by atoms with Gasteiger partial charge in [-0.3, -0.25) is 14.4 Å². The zero-order chi connectivity index (χ0) is 29.6. The van der Waals surface area contributed by atoms with Gasteiger partial charge in [-0.15, -0.1) is 0 Å². The molecule has 6 rings (SSSR count). The van der Waals surface area contributed by atoms with Crippen LogP contribution in [0.2, 0.25) is 0 Å². The lowest BCUT2D eigenvalue weighted by Gasteiger charge is -2.60. The molecule has 12 atom stereocenters. The normalized spacial score (nSPS) is 47.3. The maximum Gasteiger partial charge on any atom is 0.337 e. The molecule has 0 amide bonds. The van der Waals surface area contributed by atoms with E-state index in [4.69, 9.17) is 18.9 Å². The van der Waals surface area contributed by atoms with Crippen molar-refractivity contribution in [3.8, 4) is 0 Å². The van der Waals surface area contributed by atoms with Crippen molar-refractivity contribution in [2.24, 2.45) is 46.3 Å². The Labute approximate surface area is 243 Å². The van der Waals surface area contributed by atoms with Crippen molar-refractivity contribution in [3.05, 3.63) is 11.1 Å². The molecule has 8 heteroatoms. The molecule has 0 aromatic rings. The second-order valence-electron chi connectivity index (χ2n) is 14.6. The standard InChI is InChI=1S/C33H46O8/c1-16-12-26(40-30(37)22(16)15-38-19(4)34)18(3)23-8-9-24-21-14-28-33(41-28)29(39-20(5)35)17(2)13-27(36)32(33,7)25(21)10-11-31(23,24)6/h17-18,21,23-26,28-29H,8-15H2,1-7H3. The number of carbonyl (C=O) groups is 4. The largest absolute Gasteiger partial charge is 0.461 e. The number of ether oxygens (including phenoxy) is 4. The lowest BCUT2D eigenvalue weighted by Crippen LogP contribution is -2.67. The minimum absolute atomic E-state index is 0.0350. The zero-order valence-corrected chi connectivity index (χ0v) is 25.6. The first-order chi connectivity index (χ1) is 19.3. The third-order valence-corrected chi connectivity index (χ3v) is 12.8. The number of epoxide rings is 1. The molecule has 1 spiro atoms. The van der Waals surface area contributed by atoms with E-state index >= 15 is 0 Å². The number of hydrogen-bond acceptors (Lipinski definition) is 8. The highest BCUT2D eigenvalue weighted by Crippen LogP contribution is 2.74. The average molecular weight is 571 g/mol. The van der Waals surface area contributed by atoms with E-state index in [2.05, 4.69) is 20.8 Å². The van der Waals surface area contributed by atoms with E-state index < -0.39 is 17.0 Å². The summed E-state index contributed by atoms with van der Waals surface area (Å²) in [6, 6.07) is 0. The first-order valence-corrected chi connectivity index (χ1v) is 15.7. The Balaban J connectivity index is 1.23. The summed E-state index contributed by atoms with van der Waals surface area (Å²) >= 11 is 0. The number of carbonyl (C=O) groups excluding carboxylic acids is 4. The Bertz CT molecular complexity index is 1210. The highest BCUT2D eigenvalue weighted by molar-refractivity contribution is 5.91. The van der Waals surface area contributed by atoms with Gasteiger partial charge in [0.05, 0.1) is 17.1 Å². The van der Waals surface area contributed by atoms with Gasteiger partial charge < -0.3 is 18.9 Å². The highest BCUT2D eigenvalue weighted by Gasteiger charge is 2.82. The number of Topliss-reactive ketones (excluding diaryl/α,β-unsaturated/α-hetero) is 1. The monoisotopic (exact) mass is 570 g/mol. The molecular weight excluding hydrogens is 524 g/mol. The molecule has 2 aliphatic heterocycles. The summed E-state index contributed by atoms with van der Waals surface area (Å²) in [6.07, 6.45) is 5.55. The number of esters is 3. The van der Waals surface area contributed by atoms with Crippen molar-refractivity contribution in [2.45, 2.75) is 117 Å². The minimum Gasteiger partial charge on any atom is -0.461 e. The van der Waals surface area contributed by atoms with E-state index in [0.717, 1.165) is 37.7 Å². The van der Waals surface area contributed by atoms with E-state index in [1.165, 1.54) is 13.8 Å². The Morgan fingerprint density at radius 2 is 1.78 bits per heavy atom. The fourth-order valence-corrected chi connectivity index (χ4v) is 10.8. The van der Waals surface area contributed by atoms with E-state index in [0.29, 0.717) is 36.2 Å². The van der Waals surface area contributed by atoms with Crippen LogP contribution in [0.25, 0.3) is 0 Å². The van der Waals surface area contributed by atoms with Crippen LogP contribution in [-0.4, -0.2) is 54.2 Å². The molecule has 226 valence electrons. The van der Waals surface area contributed by atoms with Crippen molar-refractivity contribution in [1.82, 2.24) is 0 Å². The quantitative estimate of drug-likeness (QED) is 0.259. The molecule has 0 radical (unpaired) electrons. The molecule has 4 saturated carbocycles. The van der Waals surface area contributed by atoms with E-state index in [9.17, 15) is 19.2 Å². The summed E-state index contributed by atoms with van der Waals surface area (Å²) < 4.78 is 23.5. The first kappa shape index (κ1) is 28.9. The second kappa shape index (κ2) is 9.65.